The molecule has 0 bridgehead atoms. The lowest BCUT2D eigenvalue weighted by Gasteiger charge is -2.27. The van der Waals surface area contributed by atoms with Crippen LogP contribution < -0.4 is 0 Å². The predicted octanol–water partition coefficient (Wildman–Crippen LogP) is 7.50. The Hall–Kier alpha value is -4.63. The summed E-state index contributed by atoms with van der Waals surface area (Å²) in [5, 5.41) is 4.50. The number of para-hydroxylation sites is 1. The van der Waals surface area contributed by atoms with Crippen molar-refractivity contribution < 1.29 is 8.99 Å². The van der Waals surface area contributed by atoms with E-state index in [0.717, 1.165) is 33.6 Å². The van der Waals surface area contributed by atoms with E-state index in [1.165, 1.54) is 27.5 Å². The molecule has 0 spiro atoms. The third kappa shape index (κ3) is 2.67. The first kappa shape index (κ1) is 18.9. The van der Waals surface area contributed by atoms with Gasteiger partial charge in [-0.2, -0.15) is 0 Å². The summed E-state index contributed by atoms with van der Waals surface area (Å²) >= 11 is 0. The molecule has 3 heteroatoms. The molecule has 3 nitrogen and oxygen atoms in total. The minimum atomic E-state index is 0.649. The largest absolute Gasteiger partial charge is 0.377 e. The van der Waals surface area contributed by atoms with Crippen LogP contribution in [0.15, 0.2) is 114 Å². The second-order valence-electron chi connectivity index (χ2n) is 8.56. The van der Waals surface area contributed by atoms with Gasteiger partial charge in [-0.25, -0.2) is 9.56 Å². The zero-order chi connectivity index (χ0) is 22.6. The van der Waals surface area contributed by atoms with Crippen LogP contribution in [-0.4, -0.2) is 16.3 Å². The average Bonchev–Trinajstić information content (AvgIpc) is 3.28. The van der Waals surface area contributed by atoms with E-state index in [4.69, 9.17) is 4.42 Å². The van der Waals surface area contributed by atoms with Gasteiger partial charge in [0.1, 0.15) is 0 Å². The number of pyridine rings is 1. The highest BCUT2D eigenvalue weighted by Crippen LogP contribution is 2.45. The summed E-state index contributed by atoms with van der Waals surface area (Å²) in [6, 6.07) is 34.7. The second-order valence-corrected chi connectivity index (χ2v) is 8.56. The van der Waals surface area contributed by atoms with Gasteiger partial charge in [-0.05, 0) is 40.1 Å². The standard InChI is InChI=1S/C31H20N2O/c1-33-27-17-16-21-11-5-6-12-22(21)29(27)26(20-9-3-2-4-10-20)19-28(33)25-14-7-13-23-24-15-8-18-32-31(24)34-30(23)25/h2-19H,1H2. The number of rotatable bonds is 2. The lowest BCUT2D eigenvalue weighted by Crippen LogP contribution is -2.18. The Morgan fingerprint density at radius 3 is 2.50 bits per heavy atom. The van der Waals surface area contributed by atoms with Gasteiger partial charge in [0, 0.05) is 10.9 Å². The Morgan fingerprint density at radius 2 is 1.59 bits per heavy atom. The van der Waals surface area contributed by atoms with Crippen molar-refractivity contribution in [2.24, 2.45) is 0 Å². The van der Waals surface area contributed by atoms with Crippen molar-refractivity contribution in [3.63, 3.8) is 0 Å². The Balaban J connectivity index is 1.53. The fraction of sp³-hybridized carbons (Fsp3) is 0. The number of benzene rings is 4. The zero-order valence-electron chi connectivity index (χ0n) is 18.4. The number of furan rings is 1. The topological polar surface area (TPSA) is 27.2 Å². The van der Waals surface area contributed by atoms with E-state index in [0.29, 0.717) is 5.71 Å². The van der Waals surface area contributed by atoms with Crippen molar-refractivity contribution >= 4 is 50.8 Å². The molecule has 2 aromatic heterocycles. The lowest BCUT2D eigenvalue weighted by atomic mass is 9.85. The minimum absolute atomic E-state index is 0.649. The zero-order valence-corrected chi connectivity index (χ0v) is 18.4. The SMILES string of the molecule is C=[N+]1c2ccc3ccccc3c2C(c2ccccc2)=C[C-]1c1cccc2c1[o+][c-]1ncccc21. The van der Waals surface area contributed by atoms with Crippen molar-refractivity contribution in [1.29, 1.82) is 0 Å². The molecule has 7 rings (SSSR count). The lowest BCUT2D eigenvalue weighted by molar-refractivity contribution is -0.400. The van der Waals surface area contributed by atoms with Gasteiger partial charge in [-0.15, -0.1) is 12.1 Å². The molecular weight excluding hydrogens is 416 g/mol. The smallest absolute Gasteiger partial charge is 0.268 e. The molecule has 0 fully saturated rings. The molecule has 0 atom stereocenters. The second kappa shape index (κ2) is 7.19. The molecule has 4 aromatic carbocycles. The van der Waals surface area contributed by atoms with Crippen molar-refractivity contribution in [3.05, 3.63) is 132 Å². The molecular formula is C31H20N2O. The van der Waals surface area contributed by atoms with Crippen LogP contribution in [0.1, 0.15) is 16.7 Å². The van der Waals surface area contributed by atoms with Crippen LogP contribution in [0.3, 0.4) is 0 Å². The summed E-state index contributed by atoms with van der Waals surface area (Å²) in [7, 11) is 0. The number of nitrogens with zero attached hydrogens (tertiary/aromatic N) is 2. The fourth-order valence-electron chi connectivity index (χ4n) is 5.09. The Kier molecular flexibility index (Phi) is 4.00. The van der Waals surface area contributed by atoms with Crippen molar-refractivity contribution in [2.75, 3.05) is 0 Å². The molecule has 0 aliphatic carbocycles. The maximum absolute atomic E-state index is 6.27. The quantitative estimate of drug-likeness (QED) is 0.160. The van der Waals surface area contributed by atoms with Crippen molar-refractivity contribution in [2.45, 2.75) is 0 Å². The van der Waals surface area contributed by atoms with E-state index in [2.05, 4.69) is 109 Å². The molecule has 3 heterocycles. The summed E-state index contributed by atoms with van der Waals surface area (Å²) in [5.74, 6) is 0. The molecule has 0 amide bonds. The maximum atomic E-state index is 6.27. The first-order valence-corrected chi connectivity index (χ1v) is 11.3. The van der Waals surface area contributed by atoms with E-state index in [-0.39, 0.29) is 0 Å². The van der Waals surface area contributed by atoms with Gasteiger partial charge >= 0.3 is 5.71 Å². The van der Waals surface area contributed by atoms with Gasteiger partial charge in [-0.3, -0.25) is 4.42 Å². The van der Waals surface area contributed by atoms with Gasteiger partial charge < -0.3 is 0 Å². The predicted molar refractivity (Wildman–Crippen MR) is 138 cm³/mol. The highest BCUT2D eigenvalue weighted by atomic mass is 16.3. The Bertz CT molecular complexity index is 1780. The highest BCUT2D eigenvalue weighted by Gasteiger charge is 2.31. The molecule has 1 aliphatic rings. The summed E-state index contributed by atoms with van der Waals surface area (Å²) in [4.78, 5) is 4.44. The Labute approximate surface area is 196 Å². The summed E-state index contributed by atoms with van der Waals surface area (Å²) in [6.45, 7) is 4.49. The van der Waals surface area contributed by atoms with E-state index < -0.39 is 0 Å². The fourth-order valence-corrected chi connectivity index (χ4v) is 5.09. The van der Waals surface area contributed by atoms with Gasteiger partial charge in [0.05, 0.1) is 12.3 Å². The first-order valence-electron chi connectivity index (χ1n) is 11.3. The molecule has 0 saturated heterocycles. The molecule has 0 N–H and O–H groups in total. The van der Waals surface area contributed by atoms with Crippen LogP contribution in [0.25, 0.3) is 38.4 Å². The number of fused-ring (bicyclic) bond motifs is 6. The van der Waals surface area contributed by atoms with Gasteiger partial charge in [-0.1, -0.05) is 84.4 Å². The van der Waals surface area contributed by atoms with E-state index in [9.17, 15) is 0 Å². The van der Waals surface area contributed by atoms with Crippen LogP contribution in [0.5, 0.6) is 0 Å². The van der Waals surface area contributed by atoms with Crippen molar-refractivity contribution in [1.82, 2.24) is 4.98 Å². The maximum Gasteiger partial charge on any atom is 0.377 e. The van der Waals surface area contributed by atoms with E-state index in [1.54, 1.807) is 6.20 Å². The first-order chi connectivity index (χ1) is 16.8. The molecule has 160 valence electrons. The molecule has 6 aromatic rings. The van der Waals surface area contributed by atoms with E-state index in [1.807, 2.05) is 10.6 Å². The van der Waals surface area contributed by atoms with Crippen molar-refractivity contribution in [3.8, 4) is 0 Å². The van der Waals surface area contributed by atoms with Crippen LogP contribution in [0.4, 0.5) is 5.69 Å². The van der Waals surface area contributed by atoms with Crippen LogP contribution in [0.2, 0.25) is 0 Å². The van der Waals surface area contributed by atoms with E-state index >= 15 is 0 Å². The summed E-state index contributed by atoms with van der Waals surface area (Å²) in [5.41, 5.74) is 7.08. The highest BCUT2D eigenvalue weighted by molar-refractivity contribution is 6.06. The van der Waals surface area contributed by atoms with Gasteiger partial charge in [0.25, 0.3) is 5.58 Å². The monoisotopic (exact) mass is 436 g/mol. The molecule has 0 radical (unpaired) electrons. The molecule has 1 aliphatic heterocycles. The van der Waals surface area contributed by atoms with Gasteiger partial charge in [0.15, 0.2) is 11.7 Å². The molecule has 0 saturated carbocycles. The number of aromatic nitrogens is 1. The molecule has 0 unspecified atom stereocenters. The average molecular weight is 437 g/mol. The third-order valence-corrected chi connectivity index (χ3v) is 6.67. The van der Waals surface area contributed by atoms with Crippen LogP contribution >= 0.6 is 0 Å². The van der Waals surface area contributed by atoms with Crippen LogP contribution in [0, 0.1) is 6.04 Å². The number of hydrogen-bond acceptors (Lipinski definition) is 1. The third-order valence-electron chi connectivity index (χ3n) is 6.67. The normalized spacial score (nSPS) is 13.5. The molecule has 34 heavy (non-hydrogen) atoms. The minimum Gasteiger partial charge on any atom is -0.268 e. The summed E-state index contributed by atoms with van der Waals surface area (Å²) < 4.78 is 8.30. The van der Waals surface area contributed by atoms with Gasteiger partial charge in [0.2, 0.25) is 0 Å². The Morgan fingerprint density at radius 1 is 0.765 bits per heavy atom. The van der Waals surface area contributed by atoms with Crippen LogP contribution in [-0.2, 0) is 0 Å². The number of hydrogen-bond donors (Lipinski definition) is 0. The summed E-state index contributed by atoms with van der Waals surface area (Å²) in [6.07, 6.45) is 4.01.